The molecule has 168 valence electrons. The molecule has 0 aliphatic carbocycles. The summed E-state index contributed by atoms with van der Waals surface area (Å²) in [5, 5.41) is 12.6. The quantitative estimate of drug-likeness (QED) is 0.171. The second-order valence-corrected chi connectivity index (χ2v) is 7.69. The number of para-hydroxylation sites is 1. The Morgan fingerprint density at radius 3 is 2.59 bits per heavy atom. The van der Waals surface area contributed by atoms with E-state index < -0.39 is 0 Å². The lowest BCUT2D eigenvalue weighted by molar-refractivity contribution is 0.378. The second kappa shape index (κ2) is 11.3. The average Bonchev–Trinajstić information content (AvgIpc) is 3.41. The number of aliphatic imine (C=N–C) groups is 1. The van der Waals surface area contributed by atoms with Gasteiger partial charge in [0.15, 0.2) is 5.96 Å². The molecule has 0 saturated carbocycles. The Morgan fingerprint density at radius 2 is 1.84 bits per heavy atom. The number of aromatic nitrogens is 3. The van der Waals surface area contributed by atoms with Crippen molar-refractivity contribution in [3.05, 3.63) is 70.7 Å². The van der Waals surface area contributed by atoms with Gasteiger partial charge in [0.1, 0.15) is 0 Å². The fourth-order valence-electron chi connectivity index (χ4n) is 3.47. The number of hydrogen-bond acceptors (Lipinski definition) is 4. The van der Waals surface area contributed by atoms with Gasteiger partial charge < -0.3 is 20.1 Å². The number of aryl methyl sites for hydroxylation is 1. The monoisotopic (exact) mass is 564 g/mol. The van der Waals surface area contributed by atoms with Crippen molar-refractivity contribution < 1.29 is 4.52 Å². The summed E-state index contributed by atoms with van der Waals surface area (Å²) in [4.78, 5) is 12.1. The fraction of sp³-hybridized carbons (Fsp3) is 0.261. The van der Waals surface area contributed by atoms with Crippen molar-refractivity contribution in [3.63, 3.8) is 0 Å². The molecule has 0 aliphatic heterocycles. The van der Waals surface area contributed by atoms with E-state index in [1.807, 2.05) is 24.3 Å². The highest BCUT2D eigenvalue weighted by Gasteiger charge is 2.09. The minimum absolute atomic E-state index is 0. The Balaban J connectivity index is 0.00000289. The number of fused-ring (bicyclic) bond motifs is 1. The molecule has 0 atom stereocenters. The number of nitrogens with one attached hydrogen (secondary N) is 3. The summed E-state index contributed by atoms with van der Waals surface area (Å²) in [6, 6.07) is 13.7. The number of hydrogen-bond donors (Lipinski definition) is 3. The number of rotatable bonds is 7. The molecule has 4 aromatic rings. The van der Waals surface area contributed by atoms with Crippen LogP contribution in [0.1, 0.15) is 17.0 Å². The summed E-state index contributed by atoms with van der Waals surface area (Å²) in [5.41, 5.74) is 4.63. The summed E-state index contributed by atoms with van der Waals surface area (Å²) in [6.45, 7) is 3.53. The molecule has 9 heteroatoms. The molecule has 0 spiro atoms. The third kappa shape index (κ3) is 5.80. The molecule has 2 aromatic heterocycles. The molecular weight excluding hydrogens is 539 g/mol. The van der Waals surface area contributed by atoms with Crippen LogP contribution in [0.3, 0.4) is 0 Å². The predicted molar refractivity (Wildman–Crippen MR) is 140 cm³/mol. The molecular formula is C23H26ClIN6O. The number of nitrogens with zero attached hydrogens (tertiary/aromatic N) is 3. The first kappa shape index (κ1) is 24.1. The van der Waals surface area contributed by atoms with Crippen LogP contribution in [0, 0.1) is 6.92 Å². The normalized spacial score (nSPS) is 11.4. The molecule has 0 aliphatic rings. The number of halogens is 2. The Hall–Kier alpha value is -2.59. The maximum Gasteiger partial charge on any atom is 0.228 e. The Kier molecular flexibility index (Phi) is 8.52. The number of H-pyrrole nitrogens is 1. The van der Waals surface area contributed by atoms with E-state index in [0.29, 0.717) is 29.7 Å². The summed E-state index contributed by atoms with van der Waals surface area (Å²) in [7, 11) is 1.76. The van der Waals surface area contributed by atoms with E-state index in [-0.39, 0.29) is 24.0 Å². The van der Waals surface area contributed by atoms with E-state index in [4.69, 9.17) is 16.1 Å². The van der Waals surface area contributed by atoms with Gasteiger partial charge in [0.05, 0.1) is 0 Å². The summed E-state index contributed by atoms with van der Waals surface area (Å²) < 4.78 is 5.35. The highest BCUT2D eigenvalue weighted by molar-refractivity contribution is 14.0. The number of benzene rings is 2. The Morgan fingerprint density at radius 1 is 1.09 bits per heavy atom. The van der Waals surface area contributed by atoms with Crippen LogP contribution >= 0.6 is 35.6 Å². The zero-order valence-corrected chi connectivity index (χ0v) is 21.1. The molecule has 0 unspecified atom stereocenters. The van der Waals surface area contributed by atoms with Gasteiger partial charge in [-0.3, -0.25) is 4.99 Å². The van der Waals surface area contributed by atoms with Crippen LogP contribution in [0.5, 0.6) is 0 Å². The van der Waals surface area contributed by atoms with E-state index >= 15 is 0 Å². The van der Waals surface area contributed by atoms with Crippen molar-refractivity contribution >= 4 is 52.4 Å². The molecule has 3 N–H and O–H groups in total. The molecule has 0 saturated heterocycles. The van der Waals surface area contributed by atoms with E-state index in [0.717, 1.165) is 24.5 Å². The van der Waals surface area contributed by atoms with Crippen LogP contribution in [-0.2, 0) is 12.8 Å². The first-order valence-corrected chi connectivity index (χ1v) is 10.6. The summed E-state index contributed by atoms with van der Waals surface area (Å²) >= 11 is 5.92. The molecule has 7 nitrogen and oxygen atoms in total. The van der Waals surface area contributed by atoms with Gasteiger partial charge in [0, 0.05) is 54.2 Å². The highest BCUT2D eigenvalue weighted by atomic mass is 127. The molecule has 2 aromatic carbocycles. The maximum absolute atomic E-state index is 5.92. The molecule has 0 radical (unpaired) electrons. The lowest BCUT2D eigenvalue weighted by Crippen LogP contribution is -2.39. The van der Waals surface area contributed by atoms with Crippen LogP contribution < -0.4 is 10.6 Å². The van der Waals surface area contributed by atoms with Gasteiger partial charge in [-0.1, -0.05) is 35.0 Å². The topological polar surface area (TPSA) is 91.1 Å². The second-order valence-electron chi connectivity index (χ2n) is 7.26. The van der Waals surface area contributed by atoms with Gasteiger partial charge >= 0.3 is 0 Å². The first-order chi connectivity index (χ1) is 15.1. The van der Waals surface area contributed by atoms with Gasteiger partial charge in [-0.2, -0.15) is 4.98 Å². The smallest absolute Gasteiger partial charge is 0.228 e. The standard InChI is InChI=1S/C23H25ClN6O.HI/c1-15-4-3-5-19-17(14-28-21(15)19)10-12-26-23(25-2)27-13-11-20-29-22(30-31-20)16-6-8-18(24)9-7-16;/h3-9,14,28H,10-13H2,1-2H3,(H2,25,26,27);1H. The minimum atomic E-state index is 0. The van der Waals surface area contributed by atoms with Crippen LogP contribution in [0.2, 0.25) is 5.02 Å². The molecule has 4 rings (SSSR count). The van der Waals surface area contributed by atoms with E-state index in [1.165, 1.54) is 22.0 Å². The SMILES string of the molecule is CN=C(NCCc1nc(-c2ccc(Cl)cc2)no1)NCCc1c[nH]c2c(C)cccc12.I. The fourth-order valence-corrected chi connectivity index (χ4v) is 3.59. The largest absolute Gasteiger partial charge is 0.361 e. The van der Waals surface area contributed by atoms with Crippen molar-refractivity contribution in [1.29, 1.82) is 0 Å². The number of guanidine groups is 1. The molecule has 2 heterocycles. The van der Waals surface area contributed by atoms with Crippen LogP contribution in [0.4, 0.5) is 0 Å². The van der Waals surface area contributed by atoms with Gasteiger partial charge in [-0.25, -0.2) is 0 Å². The third-order valence-corrected chi connectivity index (χ3v) is 5.37. The molecule has 0 fully saturated rings. The Labute approximate surface area is 209 Å². The molecule has 32 heavy (non-hydrogen) atoms. The van der Waals surface area contributed by atoms with E-state index in [1.54, 1.807) is 7.05 Å². The average molecular weight is 565 g/mol. The molecule has 0 bridgehead atoms. The lowest BCUT2D eigenvalue weighted by atomic mass is 10.1. The van der Waals surface area contributed by atoms with Gasteiger partial charge in [0.25, 0.3) is 0 Å². The van der Waals surface area contributed by atoms with Crippen molar-refractivity contribution in [3.8, 4) is 11.4 Å². The van der Waals surface area contributed by atoms with Crippen LogP contribution in [0.25, 0.3) is 22.3 Å². The van der Waals surface area contributed by atoms with Gasteiger partial charge in [-0.05, 0) is 48.7 Å². The lowest BCUT2D eigenvalue weighted by Gasteiger charge is -2.10. The zero-order chi connectivity index (χ0) is 21.6. The Bertz CT molecular complexity index is 1180. The first-order valence-electron chi connectivity index (χ1n) is 10.2. The maximum atomic E-state index is 5.92. The van der Waals surface area contributed by atoms with Crippen molar-refractivity contribution in [2.75, 3.05) is 20.1 Å². The van der Waals surface area contributed by atoms with Crippen molar-refractivity contribution in [1.82, 2.24) is 25.8 Å². The zero-order valence-electron chi connectivity index (χ0n) is 18.0. The van der Waals surface area contributed by atoms with Gasteiger partial charge in [-0.15, -0.1) is 24.0 Å². The van der Waals surface area contributed by atoms with Crippen LogP contribution in [0.15, 0.2) is 58.2 Å². The predicted octanol–water partition coefficient (Wildman–Crippen LogP) is 4.75. The molecule has 0 amide bonds. The van der Waals surface area contributed by atoms with E-state index in [9.17, 15) is 0 Å². The van der Waals surface area contributed by atoms with Crippen LogP contribution in [-0.4, -0.2) is 41.2 Å². The van der Waals surface area contributed by atoms with Crippen molar-refractivity contribution in [2.24, 2.45) is 4.99 Å². The minimum Gasteiger partial charge on any atom is -0.361 e. The number of aromatic amines is 1. The van der Waals surface area contributed by atoms with Crippen molar-refractivity contribution in [2.45, 2.75) is 19.8 Å². The summed E-state index contributed by atoms with van der Waals surface area (Å²) in [5.74, 6) is 1.87. The third-order valence-electron chi connectivity index (χ3n) is 5.12. The summed E-state index contributed by atoms with van der Waals surface area (Å²) in [6.07, 6.45) is 3.59. The highest BCUT2D eigenvalue weighted by Crippen LogP contribution is 2.21. The van der Waals surface area contributed by atoms with E-state index in [2.05, 4.69) is 62.1 Å². The van der Waals surface area contributed by atoms with Gasteiger partial charge in [0.2, 0.25) is 11.7 Å².